The summed E-state index contributed by atoms with van der Waals surface area (Å²) in [4.78, 5) is 27.1. The van der Waals surface area contributed by atoms with Gasteiger partial charge in [0.2, 0.25) is 5.91 Å². The number of carbonyl (C=O) groups excluding carboxylic acids is 2. The fraction of sp³-hybridized carbons (Fsp3) is 0.304. The van der Waals surface area contributed by atoms with Gasteiger partial charge in [-0.2, -0.15) is 13.2 Å². The number of nitrogens with zero attached hydrogens (tertiary/aromatic N) is 1. The Morgan fingerprint density at radius 1 is 0.939 bits per heavy atom. The molecule has 4 rings (SSSR count). The van der Waals surface area contributed by atoms with Crippen molar-refractivity contribution in [1.82, 2.24) is 0 Å². The van der Waals surface area contributed by atoms with Gasteiger partial charge < -0.3 is 18.9 Å². The molecule has 0 saturated carbocycles. The summed E-state index contributed by atoms with van der Waals surface area (Å²) in [6, 6.07) is 7.42. The van der Waals surface area contributed by atoms with E-state index in [1.165, 1.54) is 38.4 Å². The molecule has 174 valence electrons. The van der Waals surface area contributed by atoms with Gasteiger partial charge >= 0.3 is 12.1 Å². The number of hydrogen-bond donors (Lipinski definition) is 0. The Morgan fingerprint density at radius 3 is 2.12 bits per heavy atom. The van der Waals surface area contributed by atoms with Crippen LogP contribution in [-0.4, -0.2) is 39.8 Å². The summed E-state index contributed by atoms with van der Waals surface area (Å²) in [6.45, 7) is -0.174. The predicted octanol–water partition coefficient (Wildman–Crippen LogP) is 4.06. The Morgan fingerprint density at radius 2 is 1.55 bits per heavy atom. The minimum atomic E-state index is -4.50. The average Bonchev–Trinajstić information content (AvgIpc) is 3.18. The number of alkyl halides is 3. The van der Waals surface area contributed by atoms with Gasteiger partial charge in [-0.15, -0.1) is 0 Å². The predicted molar refractivity (Wildman–Crippen MR) is 110 cm³/mol. The molecule has 0 radical (unpaired) electrons. The first-order valence-electron chi connectivity index (χ1n) is 9.89. The molecule has 2 aromatic carbocycles. The molecule has 0 bridgehead atoms. The monoisotopic (exact) mass is 463 g/mol. The molecular formula is C23H20F3NO6. The number of hydrogen-bond acceptors (Lipinski definition) is 6. The summed E-state index contributed by atoms with van der Waals surface area (Å²) < 4.78 is 60.2. The van der Waals surface area contributed by atoms with Crippen molar-refractivity contribution in [3.05, 3.63) is 58.8 Å². The Hall–Kier alpha value is -3.69. The summed E-state index contributed by atoms with van der Waals surface area (Å²) >= 11 is 0. The van der Waals surface area contributed by atoms with E-state index in [-0.39, 0.29) is 30.0 Å². The quantitative estimate of drug-likeness (QED) is 0.623. The standard InChI is InChI=1S/C23H20F3NO6/c1-30-17-10-19(32-3)18(31-2)8-14(17)15-9-20(28)27(16-11-33-22(29)21(15)16)13-6-4-12(5-7-13)23(24,25)26/h4-8,10,15H,9,11H2,1-3H3. The van der Waals surface area contributed by atoms with E-state index in [9.17, 15) is 22.8 Å². The molecular weight excluding hydrogens is 443 g/mol. The number of cyclic esters (lactones) is 1. The fourth-order valence-electron chi connectivity index (χ4n) is 4.14. The highest BCUT2D eigenvalue weighted by Gasteiger charge is 2.44. The SMILES string of the molecule is COc1cc(OC)c(C2CC(=O)N(c3ccc(C(F)(F)F)cc3)C3=C2C(=O)OC3)cc1OC. The summed E-state index contributed by atoms with van der Waals surface area (Å²) in [6.07, 6.45) is -4.63. The van der Waals surface area contributed by atoms with E-state index in [0.29, 0.717) is 22.8 Å². The van der Waals surface area contributed by atoms with Crippen LogP contribution < -0.4 is 19.1 Å². The minimum Gasteiger partial charge on any atom is -0.496 e. The summed E-state index contributed by atoms with van der Waals surface area (Å²) in [7, 11) is 4.38. The largest absolute Gasteiger partial charge is 0.496 e. The van der Waals surface area contributed by atoms with E-state index in [2.05, 4.69) is 0 Å². The zero-order valence-corrected chi connectivity index (χ0v) is 18.0. The average molecular weight is 463 g/mol. The van der Waals surface area contributed by atoms with Gasteiger partial charge in [0.05, 0.1) is 38.2 Å². The van der Waals surface area contributed by atoms with Crippen molar-refractivity contribution in [2.45, 2.75) is 18.5 Å². The maximum absolute atomic E-state index is 13.2. The summed E-state index contributed by atoms with van der Waals surface area (Å²) in [5.41, 5.74) is 0.452. The number of benzene rings is 2. The zero-order valence-electron chi connectivity index (χ0n) is 18.0. The smallest absolute Gasteiger partial charge is 0.416 e. The highest BCUT2D eigenvalue weighted by molar-refractivity contribution is 6.06. The maximum atomic E-state index is 13.2. The molecule has 2 aromatic rings. The van der Waals surface area contributed by atoms with Crippen molar-refractivity contribution in [2.24, 2.45) is 0 Å². The second kappa shape index (κ2) is 8.34. The Labute approximate surface area is 187 Å². The lowest BCUT2D eigenvalue weighted by Gasteiger charge is -2.32. The molecule has 2 aliphatic rings. The van der Waals surface area contributed by atoms with Gasteiger partial charge in [-0.3, -0.25) is 9.69 Å². The molecule has 1 unspecified atom stereocenters. The maximum Gasteiger partial charge on any atom is 0.416 e. The third-order valence-corrected chi connectivity index (χ3v) is 5.68. The van der Waals surface area contributed by atoms with Crippen LogP contribution in [0.15, 0.2) is 47.7 Å². The molecule has 7 nitrogen and oxygen atoms in total. The van der Waals surface area contributed by atoms with E-state index in [4.69, 9.17) is 18.9 Å². The van der Waals surface area contributed by atoms with Crippen molar-refractivity contribution in [2.75, 3.05) is 32.8 Å². The summed E-state index contributed by atoms with van der Waals surface area (Å²) in [5.74, 6) is -0.498. The van der Waals surface area contributed by atoms with Gasteiger partial charge in [0.15, 0.2) is 11.5 Å². The van der Waals surface area contributed by atoms with Crippen LogP contribution >= 0.6 is 0 Å². The minimum absolute atomic E-state index is 0.124. The van der Waals surface area contributed by atoms with Crippen molar-refractivity contribution in [3.8, 4) is 17.2 Å². The van der Waals surface area contributed by atoms with Crippen LogP contribution in [-0.2, 0) is 20.5 Å². The lowest BCUT2D eigenvalue weighted by molar-refractivity contribution is -0.138. The first kappa shape index (κ1) is 22.5. The molecule has 33 heavy (non-hydrogen) atoms. The van der Waals surface area contributed by atoms with Crippen LogP contribution in [0, 0.1) is 0 Å². The van der Waals surface area contributed by atoms with Crippen LogP contribution in [0.3, 0.4) is 0 Å². The Balaban J connectivity index is 1.82. The number of carbonyl (C=O) groups is 2. The van der Waals surface area contributed by atoms with Crippen LogP contribution in [0.2, 0.25) is 0 Å². The van der Waals surface area contributed by atoms with Gasteiger partial charge in [0.25, 0.3) is 0 Å². The lowest BCUT2D eigenvalue weighted by Crippen LogP contribution is -2.37. The second-order valence-corrected chi connectivity index (χ2v) is 7.42. The lowest BCUT2D eigenvalue weighted by atomic mass is 9.83. The van der Waals surface area contributed by atoms with E-state index in [1.54, 1.807) is 12.1 Å². The van der Waals surface area contributed by atoms with E-state index in [0.717, 1.165) is 12.1 Å². The molecule has 1 atom stereocenters. The molecule has 1 amide bonds. The van der Waals surface area contributed by atoms with Gasteiger partial charge in [-0.25, -0.2) is 4.79 Å². The third-order valence-electron chi connectivity index (χ3n) is 5.68. The molecule has 0 N–H and O–H groups in total. The Bertz CT molecular complexity index is 1140. The molecule has 0 spiro atoms. The van der Waals surface area contributed by atoms with Crippen LogP contribution in [0.5, 0.6) is 17.2 Å². The number of esters is 1. The van der Waals surface area contributed by atoms with E-state index in [1.807, 2.05) is 0 Å². The van der Waals surface area contributed by atoms with Gasteiger partial charge in [0.1, 0.15) is 12.4 Å². The van der Waals surface area contributed by atoms with Gasteiger partial charge in [-0.1, -0.05) is 0 Å². The number of methoxy groups -OCH3 is 3. The molecule has 2 aliphatic heterocycles. The number of anilines is 1. The molecule has 10 heteroatoms. The molecule has 0 aliphatic carbocycles. The van der Waals surface area contributed by atoms with Crippen molar-refractivity contribution < 1.29 is 41.7 Å². The first-order valence-corrected chi connectivity index (χ1v) is 9.89. The van der Waals surface area contributed by atoms with E-state index >= 15 is 0 Å². The highest BCUT2D eigenvalue weighted by atomic mass is 19.4. The second-order valence-electron chi connectivity index (χ2n) is 7.42. The topological polar surface area (TPSA) is 74.3 Å². The van der Waals surface area contributed by atoms with Crippen LogP contribution in [0.4, 0.5) is 18.9 Å². The number of amides is 1. The zero-order chi connectivity index (χ0) is 23.9. The van der Waals surface area contributed by atoms with Gasteiger partial charge in [-0.05, 0) is 30.3 Å². The number of ether oxygens (including phenoxy) is 4. The molecule has 2 heterocycles. The highest BCUT2D eigenvalue weighted by Crippen LogP contribution is 2.47. The molecule has 0 aromatic heterocycles. The number of halogens is 3. The van der Waals surface area contributed by atoms with Crippen molar-refractivity contribution >= 4 is 17.6 Å². The first-order chi connectivity index (χ1) is 15.7. The van der Waals surface area contributed by atoms with Crippen molar-refractivity contribution in [1.29, 1.82) is 0 Å². The fourth-order valence-corrected chi connectivity index (χ4v) is 4.14. The van der Waals surface area contributed by atoms with Crippen LogP contribution in [0.1, 0.15) is 23.5 Å². The summed E-state index contributed by atoms with van der Waals surface area (Å²) in [5, 5.41) is 0. The van der Waals surface area contributed by atoms with Gasteiger partial charge in [0, 0.05) is 29.7 Å². The third kappa shape index (κ3) is 3.85. The Kier molecular flexibility index (Phi) is 5.69. The van der Waals surface area contributed by atoms with Crippen molar-refractivity contribution in [3.63, 3.8) is 0 Å². The normalized spacial score (nSPS) is 18.2. The molecule has 0 saturated heterocycles. The van der Waals surface area contributed by atoms with Crippen LogP contribution in [0.25, 0.3) is 0 Å². The number of rotatable bonds is 5. The van der Waals surface area contributed by atoms with E-state index < -0.39 is 29.5 Å². The molecule has 0 fully saturated rings.